The number of carbonyl (C=O) groups is 1. The molecule has 1 aliphatic carbocycles. The van der Waals surface area contributed by atoms with Crippen molar-refractivity contribution in [3.05, 3.63) is 66.1 Å². The first kappa shape index (κ1) is 14.6. The number of carbonyl (C=O) groups excluding carboxylic acids is 1. The van der Waals surface area contributed by atoms with Crippen molar-refractivity contribution in [3.63, 3.8) is 0 Å². The van der Waals surface area contributed by atoms with Gasteiger partial charge in [-0.2, -0.15) is 0 Å². The lowest BCUT2D eigenvalue weighted by Crippen LogP contribution is -2.42. The maximum Gasteiger partial charge on any atom is 0.244 e. The predicted molar refractivity (Wildman–Crippen MR) is 83.8 cm³/mol. The normalized spacial score (nSPS) is 17.3. The zero-order chi connectivity index (χ0) is 15.4. The molecule has 4 nitrogen and oxygen atoms in total. The van der Waals surface area contributed by atoms with E-state index >= 15 is 0 Å². The fourth-order valence-electron chi connectivity index (χ4n) is 2.59. The maximum absolute atomic E-state index is 11.9. The maximum atomic E-state index is 11.9. The molecule has 4 heteroatoms. The molecule has 1 saturated carbocycles. The monoisotopic (exact) mass is 297 g/mol. The molecule has 0 radical (unpaired) electrons. The zero-order valence-corrected chi connectivity index (χ0v) is 12.2. The SMILES string of the molecule is O=C(C=Cc1ccco1)NCC(O)(c1ccccc1)C1CC1. The van der Waals surface area contributed by atoms with E-state index in [1.165, 1.54) is 6.08 Å². The molecule has 1 heterocycles. The number of hydrogen-bond acceptors (Lipinski definition) is 3. The lowest BCUT2D eigenvalue weighted by Gasteiger charge is -2.29. The van der Waals surface area contributed by atoms with Crippen molar-refractivity contribution in [2.45, 2.75) is 18.4 Å². The Balaban J connectivity index is 1.64. The van der Waals surface area contributed by atoms with Crippen LogP contribution in [0.4, 0.5) is 0 Å². The van der Waals surface area contributed by atoms with E-state index in [4.69, 9.17) is 4.42 Å². The van der Waals surface area contributed by atoms with Crippen LogP contribution in [0.25, 0.3) is 6.08 Å². The van der Waals surface area contributed by atoms with E-state index in [1.807, 2.05) is 30.3 Å². The summed E-state index contributed by atoms with van der Waals surface area (Å²) in [7, 11) is 0. The van der Waals surface area contributed by atoms with Gasteiger partial charge in [0.25, 0.3) is 0 Å². The molecule has 1 fully saturated rings. The van der Waals surface area contributed by atoms with Crippen molar-refractivity contribution >= 4 is 12.0 Å². The third-order valence-corrected chi connectivity index (χ3v) is 4.00. The van der Waals surface area contributed by atoms with Crippen molar-refractivity contribution in [2.75, 3.05) is 6.54 Å². The van der Waals surface area contributed by atoms with Crippen molar-refractivity contribution in [3.8, 4) is 0 Å². The molecule has 0 saturated heterocycles. The van der Waals surface area contributed by atoms with Gasteiger partial charge in [0.1, 0.15) is 11.4 Å². The lowest BCUT2D eigenvalue weighted by molar-refractivity contribution is -0.118. The van der Waals surface area contributed by atoms with Crippen LogP contribution in [0.15, 0.2) is 59.2 Å². The molecule has 1 aromatic heterocycles. The average molecular weight is 297 g/mol. The highest BCUT2D eigenvalue weighted by Gasteiger charge is 2.45. The summed E-state index contributed by atoms with van der Waals surface area (Å²) < 4.78 is 5.13. The van der Waals surface area contributed by atoms with E-state index in [0.29, 0.717) is 5.76 Å². The molecule has 1 atom stereocenters. The molecule has 2 aromatic rings. The number of amides is 1. The second kappa shape index (κ2) is 6.20. The molecular weight excluding hydrogens is 278 g/mol. The van der Waals surface area contributed by atoms with E-state index in [0.717, 1.165) is 18.4 Å². The fraction of sp³-hybridized carbons (Fsp3) is 0.278. The Morgan fingerprint density at radius 2 is 2.05 bits per heavy atom. The zero-order valence-electron chi connectivity index (χ0n) is 12.2. The van der Waals surface area contributed by atoms with Crippen LogP contribution < -0.4 is 5.32 Å². The van der Waals surface area contributed by atoms with Gasteiger partial charge < -0.3 is 14.8 Å². The molecule has 1 amide bonds. The van der Waals surface area contributed by atoms with Crippen molar-refractivity contribution in [1.29, 1.82) is 0 Å². The van der Waals surface area contributed by atoms with E-state index in [2.05, 4.69) is 5.32 Å². The quantitative estimate of drug-likeness (QED) is 0.806. The van der Waals surface area contributed by atoms with Crippen molar-refractivity contribution < 1.29 is 14.3 Å². The number of furan rings is 1. The highest BCUT2D eigenvalue weighted by atomic mass is 16.3. The molecule has 1 unspecified atom stereocenters. The van der Waals surface area contributed by atoms with Crippen molar-refractivity contribution in [1.82, 2.24) is 5.32 Å². The van der Waals surface area contributed by atoms with Gasteiger partial charge in [-0.3, -0.25) is 4.79 Å². The predicted octanol–water partition coefficient (Wildman–Crippen LogP) is 2.71. The van der Waals surface area contributed by atoms with Crippen LogP contribution in [-0.4, -0.2) is 17.6 Å². The minimum Gasteiger partial charge on any atom is -0.465 e. The Hall–Kier alpha value is -2.33. The number of hydrogen-bond donors (Lipinski definition) is 2. The van der Waals surface area contributed by atoms with Crippen LogP contribution >= 0.6 is 0 Å². The molecule has 1 aromatic carbocycles. The first-order valence-electron chi connectivity index (χ1n) is 7.46. The lowest BCUT2D eigenvalue weighted by atomic mass is 9.88. The van der Waals surface area contributed by atoms with Crippen LogP contribution in [0.5, 0.6) is 0 Å². The Labute approximate surface area is 129 Å². The highest BCUT2D eigenvalue weighted by Crippen LogP contribution is 2.45. The Bertz CT molecular complexity index is 644. The van der Waals surface area contributed by atoms with Crippen LogP contribution in [0, 0.1) is 5.92 Å². The number of aliphatic hydroxyl groups is 1. The Morgan fingerprint density at radius 1 is 1.27 bits per heavy atom. The number of nitrogens with one attached hydrogen (secondary N) is 1. The second-order valence-electron chi connectivity index (χ2n) is 5.63. The van der Waals surface area contributed by atoms with Gasteiger partial charge >= 0.3 is 0 Å². The van der Waals surface area contributed by atoms with E-state index < -0.39 is 5.60 Å². The van der Waals surface area contributed by atoms with Gasteiger partial charge in [-0.25, -0.2) is 0 Å². The summed E-state index contributed by atoms with van der Waals surface area (Å²) in [6.45, 7) is 0.211. The Kier molecular flexibility index (Phi) is 4.11. The summed E-state index contributed by atoms with van der Waals surface area (Å²) in [6.07, 6.45) is 6.55. The molecule has 114 valence electrons. The molecule has 1 aliphatic rings. The van der Waals surface area contributed by atoms with E-state index in [-0.39, 0.29) is 18.4 Å². The number of rotatable bonds is 6. The van der Waals surface area contributed by atoms with Gasteiger partial charge in [-0.05, 0) is 42.5 Å². The van der Waals surface area contributed by atoms with E-state index in [9.17, 15) is 9.90 Å². The van der Waals surface area contributed by atoms with Crippen LogP contribution in [0.2, 0.25) is 0 Å². The van der Waals surface area contributed by atoms with Gasteiger partial charge in [0.15, 0.2) is 0 Å². The summed E-state index contributed by atoms with van der Waals surface area (Å²) >= 11 is 0. The number of benzene rings is 1. The summed E-state index contributed by atoms with van der Waals surface area (Å²) in [4.78, 5) is 11.9. The van der Waals surface area contributed by atoms with Gasteiger partial charge in [-0.15, -0.1) is 0 Å². The van der Waals surface area contributed by atoms with Crippen LogP contribution in [0.3, 0.4) is 0 Å². The fourth-order valence-corrected chi connectivity index (χ4v) is 2.59. The topological polar surface area (TPSA) is 62.5 Å². The van der Waals surface area contributed by atoms with Gasteiger partial charge in [0, 0.05) is 6.08 Å². The smallest absolute Gasteiger partial charge is 0.244 e. The highest BCUT2D eigenvalue weighted by molar-refractivity contribution is 5.91. The summed E-state index contributed by atoms with van der Waals surface area (Å²) in [5.41, 5.74) is -0.136. The molecule has 0 spiro atoms. The molecule has 0 bridgehead atoms. The molecule has 3 rings (SSSR count). The first-order chi connectivity index (χ1) is 10.7. The van der Waals surface area contributed by atoms with Gasteiger partial charge in [-0.1, -0.05) is 30.3 Å². The largest absolute Gasteiger partial charge is 0.465 e. The first-order valence-corrected chi connectivity index (χ1v) is 7.46. The van der Waals surface area contributed by atoms with Gasteiger partial charge in [0.05, 0.1) is 12.8 Å². The minimum atomic E-state index is -0.991. The second-order valence-corrected chi connectivity index (χ2v) is 5.63. The van der Waals surface area contributed by atoms with Gasteiger partial charge in [0.2, 0.25) is 5.91 Å². The molecular formula is C18H19NO3. The minimum absolute atomic E-state index is 0.211. The third-order valence-electron chi connectivity index (χ3n) is 4.00. The third kappa shape index (κ3) is 3.28. The summed E-state index contributed by atoms with van der Waals surface area (Å²) in [5, 5.41) is 13.8. The van der Waals surface area contributed by atoms with Crippen LogP contribution in [-0.2, 0) is 10.4 Å². The molecule has 22 heavy (non-hydrogen) atoms. The molecule has 0 aliphatic heterocycles. The molecule has 2 N–H and O–H groups in total. The summed E-state index contributed by atoms with van der Waals surface area (Å²) in [6, 6.07) is 13.1. The summed E-state index contributed by atoms with van der Waals surface area (Å²) in [5.74, 6) is 0.589. The van der Waals surface area contributed by atoms with E-state index in [1.54, 1.807) is 24.5 Å². The average Bonchev–Trinajstić information content (AvgIpc) is 3.29. The Morgan fingerprint density at radius 3 is 2.68 bits per heavy atom. The van der Waals surface area contributed by atoms with Crippen LogP contribution in [0.1, 0.15) is 24.2 Å². The standard InChI is InChI=1S/C18H19NO3/c20-17(11-10-16-7-4-12-22-16)19-13-18(21,15-8-9-15)14-5-2-1-3-6-14/h1-7,10-12,15,21H,8-9,13H2,(H,19,20). The van der Waals surface area contributed by atoms with Crippen molar-refractivity contribution in [2.24, 2.45) is 5.92 Å².